The number of hydrogen-bond acceptors (Lipinski definition) is 8. The first kappa shape index (κ1) is 35.6. The third-order valence-electron chi connectivity index (χ3n) is 9.55. The number of para-hydroxylation sites is 1. The minimum absolute atomic E-state index is 0.0278. The second kappa shape index (κ2) is 15.3. The molecule has 4 aromatic rings. The molecule has 2 atom stereocenters. The molecule has 4 heterocycles. The van der Waals surface area contributed by atoms with Gasteiger partial charge in [-0.25, -0.2) is 4.79 Å². The number of anilines is 1. The Morgan fingerprint density at radius 3 is 2.28 bits per heavy atom. The van der Waals surface area contributed by atoms with E-state index in [1.165, 1.54) is 37.6 Å². The summed E-state index contributed by atoms with van der Waals surface area (Å²) in [6.07, 6.45) is 3.90. The lowest BCUT2D eigenvalue weighted by Gasteiger charge is -2.44. The van der Waals surface area contributed by atoms with E-state index in [0.717, 1.165) is 30.7 Å². The molecule has 1 N–H and O–H groups in total. The van der Waals surface area contributed by atoms with E-state index in [4.69, 9.17) is 49.0 Å². The number of halogens is 3. The van der Waals surface area contributed by atoms with Crippen molar-refractivity contribution in [2.75, 3.05) is 38.8 Å². The highest BCUT2D eigenvalue weighted by molar-refractivity contribution is 6.35. The van der Waals surface area contributed by atoms with Gasteiger partial charge in [0.2, 0.25) is 12.4 Å². The lowest BCUT2D eigenvalue weighted by Crippen LogP contribution is -2.53. The molecule has 50 heavy (non-hydrogen) atoms. The number of rotatable bonds is 11. The van der Waals surface area contributed by atoms with Crippen molar-refractivity contribution in [3.8, 4) is 11.5 Å². The van der Waals surface area contributed by atoms with E-state index in [2.05, 4.69) is 4.90 Å². The van der Waals surface area contributed by atoms with E-state index in [-0.39, 0.29) is 34.7 Å². The molecule has 3 fully saturated rings. The van der Waals surface area contributed by atoms with Crippen LogP contribution in [-0.2, 0) is 17.7 Å². The van der Waals surface area contributed by atoms with Gasteiger partial charge in [0.25, 0.3) is 0 Å². The number of carbonyl (C=O) groups is 2. The average Bonchev–Trinajstić information content (AvgIpc) is 3.10. The monoisotopic (exact) mass is 739 g/mol. The van der Waals surface area contributed by atoms with E-state index >= 15 is 0 Å². The second-order valence-corrected chi connectivity index (χ2v) is 13.7. The Morgan fingerprint density at radius 1 is 0.960 bits per heavy atom. The second-order valence-electron chi connectivity index (χ2n) is 12.5. The maximum absolute atomic E-state index is 14.0. The van der Waals surface area contributed by atoms with Gasteiger partial charge in [0.05, 0.1) is 37.4 Å². The Kier molecular flexibility index (Phi) is 10.9. The maximum atomic E-state index is 14.0. The van der Waals surface area contributed by atoms with Crippen molar-refractivity contribution >= 4 is 52.6 Å². The smallest absolute Gasteiger partial charge is 0.414 e. The molecule has 0 radical (unpaired) electrons. The number of nitrogens with zero attached hydrogens (tertiary/aromatic N) is 3. The standard InChI is InChI=1S/C37H36Cl3N3O7/c1-48-33-10-8-24(16-34(33)49-2)26(17-28-30(39)19-42(47)20-31(28)40)27-15-22(7-9-25(27)36(44)45)18-43(32-6-4-3-5-29(32)38)37(46)50-35-21-41-13-11-23(35)12-14-41/h3-10,15-16,19-20,23,26,35H,11-14,17-18,21H2,1-2H3,(H-,44,45,47)/t26-,35-/m0/s1. The highest BCUT2D eigenvalue weighted by Crippen LogP contribution is 2.40. The summed E-state index contributed by atoms with van der Waals surface area (Å²) in [5.41, 5.74) is 2.54. The zero-order valence-corrected chi connectivity index (χ0v) is 29.8. The summed E-state index contributed by atoms with van der Waals surface area (Å²) >= 11 is 19.8. The zero-order chi connectivity index (χ0) is 35.5. The highest BCUT2D eigenvalue weighted by atomic mass is 35.5. The molecule has 13 heteroatoms. The Hall–Kier alpha value is -4.22. The molecule has 3 aliphatic heterocycles. The Balaban J connectivity index is 1.43. The summed E-state index contributed by atoms with van der Waals surface area (Å²) in [6, 6.07) is 17.1. The quantitative estimate of drug-likeness (QED) is 0.144. The summed E-state index contributed by atoms with van der Waals surface area (Å²) in [7, 11) is 3.03. The van der Waals surface area contributed by atoms with Crippen LogP contribution in [0.5, 0.6) is 11.5 Å². The number of carbonyl (C=O) groups excluding carboxylic acids is 2. The fourth-order valence-corrected chi connectivity index (χ4v) is 7.78. The number of methoxy groups -OCH3 is 2. The summed E-state index contributed by atoms with van der Waals surface area (Å²) in [4.78, 5) is 30.4. The van der Waals surface area contributed by atoms with Gasteiger partial charge in [0, 0.05) is 28.3 Å². The van der Waals surface area contributed by atoms with Crippen molar-refractivity contribution in [1.82, 2.24) is 4.90 Å². The molecule has 0 saturated carbocycles. The number of fused-ring (bicyclic) bond motifs is 3. The molecular formula is C37H36Cl3N3O7. The van der Waals surface area contributed by atoms with Gasteiger partial charge < -0.3 is 24.1 Å². The van der Waals surface area contributed by atoms with Gasteiger partial charge in [-0.1, -0.05) is 71.2 Å². The zero-order valence-electron chi connectivity index (χ0n) is 27.5. The molecule has 0 aliphatic carbocycles. The number of aromatic carboxylic acids is 1. The number of carboxylic acids is 1. The summed E-state index contributed by atoms with van der Waals surface area (Å²) in [5, 5.41) is 23.4. The third-order valence-corrected chi connectivity index (χ3v) is 10.5. The molecule has 3 aromatic carbocycles. The van der Waals surface area contributed by atoms with Crippen LogP contribution in [0.1, 0.15) is 51.4 Å². The van der Waals surface area contributed by atoms with Gasteiger partial charge in [-0.2, -0.15) is 0 Å². The molecule has 0 spiro atoms. The van der Waals surface area contributed by atoms with Crippen molar-refractivity contribution in [3.63, 3.8) is 0 Å². The number of pyridine rings is 1. The van der Waals surface area contributed by atoms with E-state index in [0.29, 0.717) is 56.9 Å². The molecule has 0 unspecified atom stereocenters. The number of hydrogen-bond donors (Lipinski definition) is 1. The lowest BCUT2D eigenvalue weighted by molar-refractivity contribution is -0.904. The third kappa shape index (κ3) is 7.58. The van der Waals surface area contributed by atoms with Crippen LogP contribution < -0.4 is 24.2 Å². The minimum Gasteiger partial charge on any atom is -0.545 e. The molecule has 1 amide bonds. The topological polar surface area (TPSA) is 115 Å². The number of benzene rings is 3. The van der Waals surface area contributed by atoms with Crippen LogP contribution in [0.3, 0.4) is 0 Å². The SMILES string of the molecule is COc1ccc([C@H](Cc2c(Cl)c[n+](O)cc2Cl)c2cc(CN(C(=O)O[C@H]3CN4CCC3CC4)c3ccccc3Cl)ccc2C(=O)[O-])cc1OC. The molecule has 3 saturated heterocycles. The molecule has 2 bridgehead atoms. The van der Waals surface area contributed by atoms with Crippen LogP contribution in [-0.4, -0.2) is 62.1 Å². The summed E-state index contributed by atoms with van der Waals surface area (Å²) in [6.45, 7) is 2.72. The van der Waals surface area contributed by atoms with Gasteiger partial charge in [-0.05, 0) is 79.2 Å². The predicted octanol–water partition coefficient (Wildman–Crippen LogP) is 6.16. The predicted molar refractivity (Wildman–Crippen MR) is 187 cm³/mol. The molecule has 7 rings (SSSR count). The van der Waals surface area contributed by atoms with Crippen LogP contribution in [0, 0.1) is 5.92 Å². The first-order valence-electron chi connectivity index (χ1n) is 16.2. The van der Waals surface area contributed by atoms with Crippen molar-refractivity contribution in [1.29, 1.82) is 0 Å². The average molecular weight is 741 g/mol. The highest BCUT2D eigenvalue weighted by Gasteiger charge is 2.38. The first-order valence-corrected chi connectivity index (χ1v) is 17.3. The van der Waals surface area contributed by atoms with E-state index in [1.807, 2.05) is 0 Å². The van der Waals surface area contributed by atoms with Crippen molar-refractivity contribution in [2.45, 2.75) is 37.8 Å². The summed E-state index contributed by atoms with van der Waals surface area (Å²) < 4.78 is 17.9. The summed E-state index contributed by atoms with van der Waals surface area (Å²) in [5.74, 6) is -0.844. The van der Waals surface area contributed by atoms with Crippen molar-refractivity contribution in [2.24, 2.45) is 5.92 Å². The van der Waals surface area contributed by atoms with Crippen molar-refractivity contribution < 1.29 is 38.8 Å². The maximum Gasteiger partial charge on any atom is 0.414 e. The Labute approximate surface area is 305 Å². The van der Waals surface area contributed by atoms with Crippen LogP contribution >= 0.6 is 34.8 Å². The van der Waals surface area contributed by atoms with Gasteiger partial charge in [0.15, 0.2) is 11.5 Å². The fourth-order valence-electron chi connectivity index (χ4n) is 6.94. The Morgan fingerprint density at radius 2 is 1.66 bits per heavy atom. The normalized spacial score (nSPS) is 18.7. The number of ether oxygens (including phenoxy) is 3. The fraction of sp³-hybridized carbons (Fsp3) is 0.324. The van der Waals surface area contributed by atoms with E-state index in [1.54, 1.807) is 54.6 Å². The minimum atomic E-state index is -1.39. The van der Waals surface area contributed by atoms with Crippen LogP contribution in [0.4, 0.5) is 10.5 Å². The first-order chi connectivity index (χ1) is 24.1. The number of amides is 1. The lowest BCUT2D eigenvalue weighted by atomic mass is 9.82. The van der Waals surface area contributed by atoms with Crippen LogP contribution in [0.25, 0.3) is 0 Å². The van der Waals surface area contributed by atoms with Gasteiger partial charge >= 0.3 is 6.09 Å². The van der Waals surface area contributed by atoms with E-state index < -0.39 is 18.0 Å². The number of carboxylic acid groups (broad SMARTS) is 1. The number of aromatic nitrogens is 1. The van der Waals surface area contributed by atoms with Gasteiger partial charge in [-0.15, -0.1) is 0 Å². The van der Waals surface area contributed by atoms with Crippen LogP contribution in [0.15, 0.2) is 73.1 Å². The van der Waals surface area contributed by atoms with Crippen molar-refractivity contribution in [3.05, 3.63) is 116 Å². The molecular weight excluding hydrogens is 705 g/mol. The van der Waals surface area contributed by atoms with E-state index in [9.17, 15) is 19.9 Å². The largest absolute Gasteiger partial charge is 0.545 e. The number of piperidine rings is 3. The molecule has 262 valence electrons. The van der Waals surface area contributed by atoms with Gasteiger partial charge in [-0.3, -0.25) is 15.0 Å². The van der Waals surface area contributed by atoms with Gasteiger partial charge in [0.1, 0.15) is 16.1 Å². The Bertz CT molecular complexity index is 1880. The molecule has 3 aliphatic rings. The molecule has 1 aromatic heterocycles. The molecule has 10 nitrogen and oxygen atoms in total. The van der Waals surface area contributed by atoms with Crippen LogP contribution in [0.2, 0.25) is 15.1 Å².